The molecule has 2 aromatic carbocycles. The fraction of sp³-hybridized carbons (Fsp3) is 0.176. The van der Waals surface area contributed by atoms with E-state index in [0.29, 0.717) is 5.75 Å². The minimum Gasteiger partial charge on any atom is -0.495 e. The Morgan fingerprint density at radius 2 is 1.77 bits per heavy atom. The van der Waals surface area contributed by atoms with Gasteiger partial charge in [0.25, 0.3) is 0 Å². The van der Waals surface area contributed by atoms with Gasteiger partial charge in [0.15, 0.2) is 0 Å². The zero-order valence-corrected chi connectivity index (χ0v) is 13.3. The maximum Gasteiger partial charge on any atom is 0.241 e. The third-order valence-corrected chi connectivity index (χ3v) is 4.43. The first-order chi connectivity index (χ1) is 10.5. The maximum atomic E-state index is 12.1. The summed E-state index contributed by atoms with van der Waals surface area (Å²) in [6, 6.07) is 14.0. The van der Waals surface area contributed by atoms with Crippen molar-refractivity contribution in [2.45, 2.75) is 11.8 Å². The monoisotopic (exact) mass is 315 g/mol. The van der Waals surface area contributed by atoms with Gasteiger partial charge < -0.3 is 4.74 Å². The smallest absolute Gasteiger partial charge is 0.241 e. The summed E-state index contributed by atoms with van der Waals surface area (Å²) in [7, 11) is -1.96. The van der Waals surface area contributed by atoms with Crippen LogP contribution in [0.3, 0.4) is 0 Å². The van der Waals surface area contributed by atoms with Crippen LogP contribution in [0, 0.1) is 18.8 Å². The molecule has 0 spiro atoms. The van der Waals surface area contributed by atoms with Crippen molar-refractivity contribution in [3.63, 3.8) is 0 Å². The lowest BCUT2D eigenvalue weighted by Gasteiger charge is -2.04. The molecule has 4 nitrogen and oxygen atoms in total. The lowest BCUT2D eigenvalue weighted by atomic mass is 10.2. The van der Waals surface area contributed by atoms with Crippen LogP contribution in [0.1, 0.15) is 11.1 Å². The Bertz CT molecular complexity index is 800. The van der Waals surface area contributed by atoms with Gasteiger partial charge in [0.05, 0.1) is 24.1 Å². The second-order valence-electron chi connectivity index (χ2n) is 4.64. The van der Waals surface area contributed by atoms with Crippen LogP contribution < -0.4 is 9.46 Å². The molecule has 0 fully saturated rings. The largest absolute Gasteiger partial charge is 0.495 e. The first-order valence-electron chi connectivity index (χ1n) is 6.71. The van der Waals surface area contributed by atoms with Crippen molar-refractivity contribution in [3.8, 4) is 17.6 Å². The summed E-state index contributed by atoms with van der Waals surface area (Å²) in [4.78, 5) is 0.234. The van der Waals surface area contributed by atoms with Crippen molar-refractivity contribution in [1.29, 1.82) is 0 Å². The van der Waals surface area contributed by atoms with Crippen LogP contribution in [0.5, 0.6) is 5.75 Å². The molecule has 2 aromatic rings. The Hall–Kier alpha value is -2.29. The van der Waals surface area contributed by atoms with Gasteiger partial charge in [-0.25, -0.2) is 8.42 Å². The quantitative estimate of drug-likeness (QED) is 0.881. The van der Waals surface area contributed by atoms with E-state index >= 15 is 0 Å². The summed E-state index contributed by atoms with van der Waals surface area (Å²) >= 11 is 0. The fourth-order valence-electron chi connectivity index (χ4n) is 1.82. The summed E-state index contributed by atoms with van der Waals surface area (Å²) in [5.41, 5.74) is 1.73. The van der Waals surface area contributed by atoms with E-state index < -0.39 is 10.0 Å². The molecule has 0 amide bonds. The highest BCUT2D eigenvalue weighted by Crippen LogP contribution is 2.15. The standard InChI is InChI=1S/C17H17NO3S/c1-14-9-11-16(12-10-14)22(19,20)18-13-5-7-15-6-3-4-8-17(15)21-2/h3-4,6,8-12,18H,13H2,1-2H3. The maximum absolute atomic E-state index is 12.1. The van der Waals surface area contributed by atoms with Gasteiger partial charge in [-0.1, -0.05) is 41.7 Å². The second-order valence-corrected chi connectivity index (χ2v) is 6.41. The molecule has 0 atom stereocenters. The first-order valence-corrected chi connectivity index (χ1v) is 8.19. The number of rotatable bonds is 4. The minimum atomic E-state index is -3.53. The predicted octanol–water partition coefficient (Wildman–Crippen LogP) is 2.33. The van der Waals surface area contributed by atoms with Crippen LogP contribution in [0.15, 0.2) is 53.4 Å². The van der Waals surface area contributed by atoms with Crippen molar-refractivity contribution in [3.05, 3.63) is 59.7 Å². The molecule has 22 heavy (non-hydrogen) atoms. The van der Waals surface area contributed by atoms with Crippen LogP contribution >= 0.6 is 0 Å². The summed E-state index contributed by atoms with van der Waals surface area (Å²) in [5.74, 6) is 6.35. The zero-order chi connectivity index (χ0) is 16.0. The van der Waals surface area contributed by atoms with E-state index in [1.807, 2.05) is 25.1 Å². The number of hydrogen-bond acceptors (Lipinski definition) is 3. The number of nitrogens with one attached hydrogen (secondary N) is 1. The molecule has 0 bridgehead atoms. The van der Waals surface area contributed by atoms with Crippen molar-refractivity contribution >= 4 is 10.0 Å². The van der Waals surface area contributed by atoms with E-state index in [9.17, 15) is 8.42 Å². The number of sulfonamides is 1. The molecule has 0 aliphatic carbocycles. The molecule has 0 saturated heterocycles. The average molecular weight is 315 g/mol. The molecular formula is C17H17NO3S. The first kappa shape index (κ1) is 16.1. The number of para-hydroxylation sites is 1. The molecule has 5 heteroatoms. The third kappa shape index (κ3) is 4.10. The molecule has 0 radical (unpaired) electrons. The Morgan fingerprint density at radius 1 is 1.09 bits per heavy atom. The van der Waals surface area contributed by atoms with E-state index in [4.69, 9.17) is 4.74 Å². The number of aryl methyl sites for hydroxylation is 1. The Balaban J connectivity index is 2.05. The van der Waals surface area contributed by atoms with Gasteiger partial charge in [0.2, 0.25) is 10.0 Å². The van der Waals surface area contributed by atoms with E-state index in [1.54, 1.807) is 37.4 Å². The third-order valence-electron chi connectivity index (χ3n) is 3.01. The lowest BCUT2D eigenvalue weighted by molar-refractivity contribution is 0.413. The van der Waals surface area contributed by atoms with E-state index in [0.717, 1.165) is 11.1 Å². The van der Waals surface area contributed by atoms with Gasteiger partial charge >= 0.3 is 0 Å². The molecule has 0 heterocycles. The van der Waals surface area contributed by atoms with Crippen LogP contribution in [0.25, 0.3) is 0 Å². The van der Waals surface area contributed by atoms with E-state index in [-0.39, 0.29) is 11.4 Å². The molecule has 2 rings (SSSR count). The SMILES string of the molecule is COc1ccccc1C#CCNS(=O)(=O)c1ccc(C)cc1. The molecular weight excluding hydrogens is 298 g/mol. The molecule has 1 N–H and O–H groups in total. The number of methoxy groups -OCH3 is 1. The highest BCUT2D eigenvalue weighted by Gasteiger charge is 2.11. The Morgan fingerprint density at radius 3 is 2.45 bits per heavy atom. The Labute approximate surface area is 131 Å². The van der Waals surface area contributed by atoms with E-state index in [2.05, 4.69) is 16.6 Å². The van der Waals surface area contributed by atoms with Gasteiger partial charge in [0, 0.05) is 0 Å². The molecule has 114 valence electrons. The van der Waals surface area contributed by atoms with E-state index in [1.165, 1.54) is 0 Å². The second kappa shape index (κ2) is 7.12. The van der Waals surface area contributed by atoms with Crippen LogP contribution in [-0.2, 0) is 10.0 Å². The van der Waals surface area contributed by atoms with Crippen molar-refractivity contribution in [2.24, 2.45) is 0 Å². The fourth-order valence-corrected chi connectivity index (χ4v) is 2.74. The van der Waals surface area contributed by atoms with Crippen molar-refractivity contribution in [2.75, 3.05) is 13.7 Å². The summed E-state index contributed by atoms with van der Waals surface area (Å²) in [6.45, 7) is 1.94. The number of benzene rings is 2. The van der Waals surface area contributed by atoms with Crippen LogP contribution in [-0.4, -0.2) is 22.1 Å². The van der Waals surface area contributed by atoms with Crippen LogP contribution in [0.2, 0.25) is 0 Å². The normalized spacial score (nSPS) is 10.6. The number of ether oxygens (including phenoxy) is 1. The van der Waals surface area contributed by atoms with Crippen LogP contribution in [0.4, 0.5) is 0 Å². The lowest BCUT2D eigenvalue weighted by Crippen LogP contribution is -2.23. The minimum absolute atomic E-state index is 0.0360. The molecule has 0 aliphatic heterocycles. The summed E-state index contributed by atoms with van der Waals surface area (Å²) in [5, 5.41) is 0. The van der Waals surface area contributed by atoms with Gasteiger partial charge in [0.1, 0.15) is 5.75 Å². The number of hydrogen-bond donors (Lipinski definition) is 1. The predicted molar refractivity (Wildman–Crippen MR) is 86.2 cm³/mol. The highest BCUT2D eigenvalue weighted by molar-refractivity contribution is 7.89. The highest BCUT2D eigenvalue weighted by atomic mass is 32.2. The topological polar surface area (TPSA) is 55.4 Å². The van der Waals surface area contributed by atoms with Gasteiger partial charge in [-0.05, 0) is 31.2 Å². The van der Waals surface area contributed by atoms with Gasteiger partial charge in [-0.2, -0.15) is 4.72 Å². The van der Waals surface area contributed by atoms with Crippen molar-refractivity contribution < 1.29 is 13.2 Å². The summed E-state index contributed by atoms with van der Waals surface area (Å²) < 4.78 is 31.8. The average Bonchev–Trinajstić information content (AvgIpc) is 2.52. The Kier molecular flexibility index (Phi) is 5.21. The zero-order valence-electron chi connectivity index (χ0n) is 12.5. The molecule has 0 aliphatic rings. The van der Waals surface area contributed by atoms with Gasteiger partial charge in [-0.3, -0.25) is 0 Å². The molecule has 0 saturated carbocycles. The van der Waals surface area contributed by atoms with Gasteiger partial charge in [-0.15, -0.1) is 0 Å². The molecule has 0 aromatic heterocycles. The van der Waals surface area contributed by atoms with Crippen molar-refractivity contribution in [1.82, 2.24) is 4.72 Å². The molecule has 0 unspecified atom stereocenters. The summed E-state index contributed by atoms with van der Waals surface area (Å²) in [6.07, 6.45) is 0.